The minimum Gasteiger partial charge on any atom is -0.289 e. The molecule has 2 aromatic rings. The molecule has 1 aliphatic carbocycles. The molecule has 3 heteroatoms. The quantitative estimate of drug-likeness (QED) is 0.520. The Labute approximate surface area is 85.4 Å². The number of carbonyl (C=O) groups excluding carboxylic acids is 1. The molecule has 0 atom stereocenters. The van der Waals surface area contributed by atoms with E-state index in [0.717, 1.165) is 5.56 Å². The van der Waals surface area contributed by atoms with Crippen LogP contribution in [0.15, 0.2) is 36.5 Å². The van der Waals surface area contributed by atoms with Crippen molar-refractivity contribution in [2.45, 2.75) is 0 Å². The van der Waals surface area contributed by atoms with Gasteiger partial charge < -0.3 is 0 Å². The highest BCUT2D eigenvalue weighted by Gasteiger charge is 2.26. The van der Waals surface area contributed by atoms with E-state index in [1.165, 1.54) is 12.3 Å². The third-order valence-corrected chi connectivity index (χ3v) is 2.58. The number of aromatic nitrogens is 1. The van der Waals surface area contributed by atoms with Crippen molar-refractivity contribution in [3.8, 4) is 11.1 Å². The van der Waals surface area contributed by atoms with Crippen LogP contribution in [0, 0.1) is 5.95 Å². The third-order valence-electron chi connectivity index (χ3n) is 2.58. The molecular formula is C12H6FNO. The minimum atomic E-state index is -0.557. The molecule has 1 aliphatic rings. The first-order valence-electron chi connectivity index (χ1n) is 4.57. The lowest BCUT2D eigenvalue weighted by atomic mass is 10.1. The number of hydrogen-bond acceptors (Lipinski definition) is 2. The first-order valence-corrected chi connectivity index (χ1v) is 4.57. The summed E-state index contributed by atoms with van der Waals surface area (Å²) in [6.07, 6.45) is 1.30. The molecule has 1 aromatic carbocycles. The molecule has 0 amide bonds. The third kappa shape index (κ3) is 1.03. The fourth-order valence-electron chi connectivity index (χ4n) is 1.89. The van der Waals surface area contributed by atoms with Crippen molar-refractivity contribution in [1.82, 2.24) is 4.98 Å². The molecule has 3 rings (SSSR count). The van der Waals surface area contributed by atoms with E-state index in [-0.39, 0.29) is 5.78 Å². The maximum absolute atomic E-state index is 13.0. The van der Waals surface area contributed by atoms with Gasteiger partial charge in [-0.1, -0.05) is 24.3 Å². The number of carbonyl (C=O) groups is 1. The summed E-state index contributed by atoms with van der Waals surface area (Å²) in [5, 5.41) is 0. The van der Waals surface area contributed by atoms with Crippen LogP contribution in [-0.2, 0) is 0 Å². The number of rotatable bonds is 0. The van der Waals surface area contributed by atoms with Crippen molar-refractivity contribution < 1.29 is 9.18 Å². The fraction of sp³-hybridized carbons (Fsp3) is 0. The largest absolute Gasteiger partial charge is 0.289 e. The number of halogens is 1. The summed E-state index contributed by atoms with van der Waals surface area (Å²) >= 11 is 0. The van der Waals surface area contributed by atoms with Crippen LogP contribution in [0.5, 0.6) is 0 Å². The number of hydrogen-bond donors (Lipinski definition) is 0. The summed E-state index contributed by atoms with van der Waals surface area (Å²) in [4.78, 5) is 15.3. The molecule has 0 aliphatic heterocycles. The Morgan fingerprint density at radius 2 is 1.73 bits per heavy atom. The summed E-state index contributed by atoms with van der Waals surface area (Å²) in [5.41, 5.74) is 2.54. The predicted molar refractivity (Wildman–Crippen MR) is 53.1 cm³/mol. The molecule has 0 spiro atoms. The van der Waals surface area contributed by atoms with Gasteiger partial charge in [0.2, 0.25) is 5.95 Å². The van der Waals surface area contributed by atoms with Gasteiger partial charge in [0.25, 0.3) is 0 Å². The lowest BCUT2D eigenvalue weighted by Crippen LogP contribution is -1.95. The van der Waals surface area contributed by atoms with E-state index < -0.39 is 5.95 Å². The van der Waals surface area contributed by atoms with Crippen LogP contribution in [0.4, 0.5) is 4.39 Å². The van der Waals surface area contributed by atoms with Crippen LogP contribution < -0.4 is 0 Å². The van der Waals surface area contributed by atoms with Crippen molar-refractivity contribution in [3.05, 3.63) is 53.6 Å². The second-order valence-corrected chi connectivity index (χ2v) is 3.43. The van der Waals surface area contributed by atoms with Gasteiger partial charge in [0.05, 0.1) is 0 Å². The highest BCUT2D eigenvalue weighted by molar-refractivity contribution is 6.21. The van der Waals surface area contributed by atoms with E-state index in [1.807, 2.05) is 12.1 Å². The number of nitrogens with zero attached hydrogens (tertiary/aromatic N) is 1. The Bertz CT molecular complexity index is 578. The Kier molecular flexibility index (Phi) is 1.51. The van der Waals surface area contributed by atoms with E-state index in [1.54, 1.807) is 12.1 Å². The zero-order valence-corrected chi connectivity index (χ0v) is 7.70. The van der Waals surface area contributed by atoms with Crippen molar-refractivity contribution >= 4 is 5.78 Å². The van der Waals surface area contributed by atoms with Crippen molar-refractivity contribution in [2.75, 3.05) is 0 Å². The fourth-order valence-corrected chi connectivity index (χ4v) is 1.89. The van der Waals surface area contributed by atoms with E-state index in [0.29, 0.717) is 16.7 Å². The summed E-state index contributed by atoms with van der Waals surface area (Å²) in [7, 11) is 0. The molecule has 0 radical (unpaired) electrons. The van der Waals surface area contributed by atoms with Gasteiger partial charge >= 0.3 is 0 Å². The van der Waals surface area contributed by atoms with E-state index >= 15 is 0 Å². The molecule has 0 unspecified atom stereocenters. The first-order chi connectivity index (χ1) is 7.27. The van der Waals surface area contributed by atoms with Crippen LogP contribution >= 0.6 is 0 Å². The summed E-state index contributed by atoms with van der Waals surface area (Å²) < 4.78 is 13.0. The van der Waals surface area contributed by atoms with Crippen LogP contribution in [0.2, 0.25) is 0 Å². The average molecular weight is 199 g/mol. The molecule has 0 N–H and O–H groups in total. The van der Waals surface area contributed by atoms with Gasteiger partial charge in [-0.15, -0.1) is 0 Å². The topological polar surface area (TPSA) is 30.0 Å². The summed E-state index contributed by atoms with van der Waals surface area (Å²) in [5.74, 6) is -0.633. The molecule has 0 bridgehead atoms. The molecule has 0 saturated heterocycles. The van der Waals surface area contributed by atoms with Crippen LogP contribution in [0.25, 0.3) is 11.1 Å². The highest BCUT2D eigenvalue weighted by Crippen LogP contribution is 2.35. The van der Waals surface area contributed by atoms with Gasteiger partial charge in [-0.25, -0.2) is 4.98 Å². The smallest absolute Gasteiger partial charge is 0.213 e. The van der Waals surface area contributed by atoms with Crippen LogP contribution in [0.3, 0.4) is 0 Å². The van der Waals surface area contributed by atoms with Crippen LogP contribution in [-0.4, -0.2) is 10.8 Å². The normalized spacial score (nSPS) is 12.5. The minimum absolute atomic E-state index is 0.0758. The molecule has 2 nitrogen and oxygen atoms in total. The van der Waals surface area contributed by atoms with Gasteiger partial charge in [-0.3, -0.25) is 4.79 Å². The van der Waals surface area contributed by atoms with Crippen molar-refractivity contribution in [1.29, 1.82) is 0 Å². The van der Waals surface area contributed by atoms with E-state index in [4.69, 9.17) is 0 Å². The van der Waals surface area contributed by atoms with E-state index in [2.05, 4.69) is 4.98 Å². The molecular weight excluding hydrogens is 193 g/mol. The Balaban J connectivity index is 2.39. The van der Waals surface area contributed by atoms with Gasteiger partial charge in [-0.2, -0.15) is 4.39 Å². The maximum atomic E-state index is 13.0. The highest BCUT2D eigenvalue weighted by atomic mass is 19.1. The number of benzene rings is 1. The molecule has 0 saturated carbocycles. The number of fused-ring (bicyclic) bond motifs is 3. The van der Waals surface area contributed by atoms with Gasteiger partial charge in [-0.05, 0) is 11.1 Å². The lowest BCUT2D eigenvalue weighted by molar-refractivity contribution is 0.104. The summed E-state index contributed by atoms with van der Waals surface area (Å²) in [6, 6.07) is 8.50. The maximum Gasteiger partial charge on any atom is 0.213 e. The van der Waals surface area contributed by atoms with E-state index in [9.17, 15) is 9.18 Å². The molecule has 72 valence electrons. The lowest BCUT2D eigenvalue weighted by Gasteiger charge is -1.97. The Hall–Kier alpha value is -2.03. The van der Waals surface area contributed by atoms with Crippen LogP contribution in [0.1, 0.15) is 15.9 Å². The Morgan fingerprint density at radius 1 is 1.00 bits per heavy atom. The second kappa shape index (κ2) is 2.73. The zero-order valence-electron chi connectivity index (χ0n) is 7.70. The number of pyridine rings is 1. The molecule has 0 fully saturated rings. The Morgan fingerprint density at radius 3 is 2.53 bits per heavy atom. The van der Waals surface area contributed by atoms with Gasteiger partial charge in [0.1, 0.15) is 0 Å². The number of ketones is 1. The van der Waals surface area contributed by atoms with Gasteiger partial charge in [0.15, 0.2) is 5.78 Å². The second-order valence-electron chi connectivity index (χ2n) is 3.43. The monoisotopic (exact) mass is 199 g/mol. The van der Waals surface area contributed by atoms with Crippen molar-refractivity contribution in [2.24, 2.45) is 0 Å². The van der Waals surface area contributed by atoms with Crippen molar-refractivity contribution in [3.63, 3.8) is 0 Å². The molecule has 15 heavy (non-hydrogen) atoms. The molecule has 1 heterocycles. The van der Waals surface area contributed by atoms with Gasteiger partial charge in [0, 0.05) is 23.4 Å². The zero-order chi connectivity index (χ0) is 10.4. The SMILES string of the molecule is O=C1c2ccccc2-c2cc(F)ncc21. The molecule has 1 aromatic heterocycles. The first kappa shape index (κ1) is 8.29. The summed E-state index contributed by atoms with van der Waals surface area (Å²) in [6.45, 7) is 0. The predicted octanol–water partition coefficient (Wildman–Crippen LogP) is 2.43. The standard InChI is InChI=1S/C12H6FNO/c13-11-5-9-7-3-1-2-4-8(7)12(15)10(9)6-14-11/h1-6H. The average Bonchev–Trinajstić information content (AvgIpc) is 2.54.